The number of halogens is 4. The second kappa shape index (κ2) is 5.67. The van der Waals surface area contributed by atoms with Crippen molar-refractivity contribution in [2.75, 3.05) is 0 Å². The summed E-state index contributed by atoms with van der Waals surface area (Å²) < 4.78 is 32.5. The first-order valence-electron chi connectivity index (χ1n) is 5.08. The van der Waals surface area contributed by atoms with E-state index in [1.165, 1.54) is 24.3 Å². The van der Waals surface area contributed by atoms with Crippen LogP contribution in [0.2, 0.25) is 5.02 Å². The van der Waals surface area contributed by atoms with Crippen LogP contribution < -0.4 is 4.74 Å². The Bertz CT molecular complexity index is 555. The quantitative estimate of drug-likeness (QED) is 0.771. The highest BCUT2D eigenvalue weighted by molar-refractivity contribution is 9.10. The van der Waals surface area contributed by atoms with Gasteiger partial charge in [0.15, 0.2) is 11.6 Å². The average Bonchev–Trinajstić information content (AvgIpc) is 2.30. The maximum atomic E-state index is 13.5. The summed E-state index contributed by atoms with van der Waals surface area (Å²) in [5, 5.41) is -0.00655. The smallest absolute Gasteiger partial charge is 0.183 e. The van der Waals surface area contributed by atoms with Crippen molar-refractivity contribution in [3.8, 4) is 5.75 Å². The van der Waals surface area contributed by atoms with Gasteiger partial charge in [0.25, 0.3) is 0 Å². The molecule has 2 aromatic rings. The largest absolute Gasteiger partial charge is 0.486 e. The van der Waals surface area contributed by atoms with E-state index in [1.807, 2.05) is 0 Å². The van der Waals surface area contributed by atoms with Crippen LogP contribution in [0.15, 0.2) is 40.9 Å². The molecule has 0 atom stereocenters. The van der Waals surface area contributed by atoms with Crippen LogP contribution in [0.1, 0.15) is 5.56 Å². The molecule has 0 aliphatic carbocycles. The molecule has 0 aliphatic rings. The van der Waals surface area contributed by atoms with Crippen molar-refractivity contribution in [3.05, 3.63) is 63.1 Å². The zero-order valence-corrected chi connectivity index (χ0v) is 11.4. The van der Waals surface area contributed by atoms with Crippen LogP contribution in [0, 0.1) is 11.6 Å². The third-order valence-electron chi connectivity index (χ3n) is 2.23. The molecule has 0 aliphatic heterocycles. The molecule has 94 valence electrons. The van der Waals surface area contributed by atoms with Gasteiger partial charge in [0.1, 0.15) is 12.4 Å². The van der Waals surface area contributed by atoms with Crippen LogP contribution in [0.5, 0.6) is 5.75 Å². The fraction of sp³-hybridized carbons (Fsp3) is 0.0769. The molecule has 0 aromatic heterocycles. The van der Waals surface area contributed by atoms with E-state index in [0.717, 1.165) is 0 Å². The van der Waals surface area contributed by atoms with E-state index in [-0.39, 0.29) is 23.2 Å². The lowest BCUT2D eigenvalue weighted by molar-refractivity contribution is 0.290. The minimum absolute atomic E-state index is 0.00655. The average molecular weight is 334 g/mol. The van der Waals surface area contributed by atoms with E-state index in [4.69, 9.17) is 16.3 Å². The number of hydrogen-bond donors (Lipinski definition) is 0. The molecule has 2 rings (SSSR count). The van der Waals surface area contributed by atoms with Crippen molar-refractivity contribution in [1.29, 1.82) is 0 Å². The highest BCUT2D eigenvalue weighted by Gasteiger charge is 2.08. The molecule has 2 aromatic carbocycles. The van der Waals surface area contributed by atoms with Gasteiger partial charge in [-0.3, -0.25) is 0 Å². The van der Waals surface area contributed by atoms with Gasteiger partial charge in [-0.05, 0) is 35.9 Å². The summed E-state index contributed by atoms with van der Waals surface area (Å²) in [4.78, 5) is 0. The molecule has 0 amide bonds. The lowest BCUT2D eigenvalue weighted by atomic mass is 10.2. The molecule has 1 nitrogen and oxygen atoms in total. The maximum Gasteiger partial charge on any atom is 0.183 e. The summed E-state index contributed by atoms with van der Waals surface area (Å²) in [5.74, 6) is -0.952. The van der Waals surface area contributed by atoms with Crippen molar-refractivity contribution < 1.29 is 13.5 Å². The zero-order chi connectivity index (χ0) is 13.1. The lowest BCUT2D eigenvalue weighted by Gasteiger charge is -2.08. The predicted octanol–water partition coefficient (Wildman–Crippen LogP) is 4.96. The molecule has 0 heterocycles. The number of ether oxygens (including phenoxy) is 1. The number of hydrogen-bond acceptors (Lipinski definition) is 1. The third kappa shape index (κ3) is 3.21. The van der Waals surface area contributed by atoms with Crippen LogP contribution in [0.3, 0.4) is 0 Å². The van der Waals surface area contributed by atoms with Gasteiger partial charge in [0.05, 0.1) is 5.02 Å². The molecule has 0 saturated carbocycles. The standard InChI is InChI=1S/C13H8BrClF2O/c14-9-4-8(5-10(16)6-9)7-18-12-3-1-2-11(15)13(12)17/h1-6H,7H2. The Morgan fingerprint density at radius 1 is 1.17 bits per heavy atom. The zero-order valence-electron chi connectivity index (χ0n) is 9.09. The Balaban J connectivity index is 2.14. The molecule has 18 heavy (non-hydrogen) atoms. The van der Waals surface area contributed by atoms with E-state index in [2.05, 4.69) is 15.9 Å². The van der Waals surface area contributed by atoms with E-state index in [1.54, 1.807) is 12.1 Å². The minimum atomic E-state index is -0.616. The first kappa shape index (κ1) is 13.3. The van der Waals surface area contributed by atoms with Crippen molar-refractivity contribution in [1.82, 2.24) is 0 Å². The molecule has 0 radical (unpaired) electrons. The highest BCUT2D eigenvalue weighted by Crippen LogP contribution is 2.25. The van der Waals surface area contributed by atoms with E-state index >= 15 is 0 Å². The SMILES string of the molecule is Fc1cc(Br)cc(COc2cccc(Cl)c2F)c1. The van der Waals surface area contributed by atoms with Crippen molar-refractivity contribution in [2.24, 2.45) is 0 Å². The van der Waals surface area contributed by atoms with Gasteiger partial charge < -0.3 is 4.74 Å². The van der Waals surface area contributed by atoms with Crippen molar-refractivity contribution in [3.63, 3.8) is 0 Å². The molecule has 0 bridgehead atoms. The molecular formula is C13H8BrClF2O. The summed E-state index contributed by atoms with van der Waals surface area (Å²) in [6.45, 7) is 0.0631. The summed E-state index contributed by atoms with van der Waals surface area (Å²) in [5.41, 5.74) is 0.598. The van der Waals surface area contributed by atoms with Crippen LogP contribution in [0.4, 0.5) is 8.78 Å². The van der Waals surface area contributed by atoms with Crippen LogP contribution >= 0.6 is 27.5 Å². The van der Waals surface area contributed by atoms with Gasteiger partial charge in [-0.15, -0.1) is 0 Å². The molecule has 0 N–H and O–H groups in total. The monoisotopic (exact) mass is 332 g/mol. The third-order valence-corrected chi connectivity index (χ3v) is 2.98. The topological polar surface area (TPSA) is 9.23 Å². The van der Waals surface area contributed by atoms with E-state index in [9.17, 15) is 8.78 Å². The number of benzene rings is 2. The molecule has 0 saturated heterocycles. The second-order valence-corrected chi connectivity index (χ2v) is 4.94. The molecular weight excluding hydrogens is 325 g/mol. The Labute approximate surface area is 116 Å². The summed E-state index contributed by atoms with van der Waals surface area (Å²) in [6.07, 6.45) is 0. The summed E-state index contributed by atoms with van der Waals surface area (Å²) in [6, 6.07) is 8.85. The fourth-order valence-electron chi connectivity index (χ4n) is 1.45. The fourth-order valence-corrected chi connectivity index (χ4v) is 2.13. The van der Waals surface area contributed by atoms with Gasteiger partial charge in [0.2, 0.25) is 0 Å². The van der Waals surface area contributed by atoms with E-state index < -0.39 is 5.82 Å². The van der Waals surface area contributed by atoms with Crippen molar-refractivity contribution >= 4 is 27.5 Å². The summed E-state index contributed by atoms with van der Waals surface area (Å²) >= 11 is 8.80. The normalized spacial score (nSPS) is 10.4. The van der Waals surface area contributed by atoms with Gasteiger partial charge in [-0.2, -0.15) is 0 Å². The van der Waals surface area contributed by atoms with Gasteiger partial charge in [0, 0.05) is 4.47 Å². The van der Waals surface area contributed by atoms with Gasteiger partial charge in [-0.25, -0.2) is 8.78 Å². The van der Waals surface area contributed by atoms with Gasteiger partial charge >= 0.3 is 0 Å². The first-order valence-corrected chi connectivity index (χ1v) is 6.25. The minimum Gasteiger partial charge on any atom is -0.486 e. The first-order chi connectivity index (χ1) is 8.56. The van der Waals surface area contributed by atoms with Crippen LogP contribution in [0.25, 0.3) is 0 Å². The Morgan fingerprint density at radius 3 is 2.67 bits per heavy atom. The maximum absolute atomic E-state index is 13.5. The Kier molecular flexibility index (Phi) is 4.19. The molecule has 0 unspecified atom stereocenters. The van der Waals surface area contributed by atoms with Crippen molar-refractivity contribution in [2.45, 2.75) is 6.61 Å². The highest BCUT2D eigenvalue weighted by atomic mass is 79.9. The van der Waals surface area contributed by atoms with Crippen LogP contribution in [-0.4, -0.2) is 0 Å². The Morgan fingerprint density at radius 2 is 1.94 bits per heavy atom. The summed E-state index contributed by atoms with van der Waals surface area (Å²) in [7, 11) is 0. The predicted molar refractivity (Wildman–Crippen MR) is 69.8 cm³/mol. The van der Waals surface area contributed by atoms with Gasteiger partial charge in [-0.1, -0.05) is 33.6 Å². The molecule has 0 fully saturated rings. The molecule has 5 heteroatoms. The number of rotatable bonds is 3. The second-order valence-electron chi connectivity index (χ2n) is 3.62. The lowest BCUT2D eigenvalue weighted by Crippen LogP contribution is -1.98. The van der Waals surface area contributed by atoms with E-state index in [0.29, 0.717) is 10.0 Å². The molecule has 0 spiro atoms. The Hall–Kier alpha value is -1.13. The van der Waals surface area contributed by atoms with Crippen LogP contribution in [-0.2, 0) is 6.61 Å².